The van der Waals surface area contributed by atoms with Crippen LogP contribution in [-0.2, 0) is 23.6 Å². The fraction of sp³-hybridized carbons (Fsp3) is 0.111. The first-order valence-corrected chi connectivity index (χ1v) is 9.20. The van der Waals surface area contributed by atoms with E-state index in [0.717, 1.165) is 9.87 Å². The molecule has 0 saturated carbocycles. The van der Waals surface area contributed by atoms with E-state index in [2.05, 4.69) is 4.98 Å². The molecule has 0 spiro atoms. The fourth-order valence-electron chi connectivity index (χ4n) is 2.49. The van der Waals surface area contributed by atoms with Gasteiger partial charge < -0.3 is 9.67 Å². The van der Waals surface area contributed by atoms with Gasteiger partial charge in [0, 0.05) is 13.2 Å². The van der Waals surface area contributed by atoms with Crippen molar-refractivity contribution in [2.45, 2.75) is 11.6 Å². The second kappa shape index (κ2) is 7.01. The fourth-order valence-corrected chi connectivity index (χ4v) is 3.91. The van der Waals surface area contributed by atoms with E-state index in [1.807, 2.05) is 30.3 Å². The normalized spacial score (nSPS) is 11.3. The maximum absolute atomic E-state index is 13.1. The van der Waals surface area contributed by atoms with Crippen molar-refractivity contribution in [2.75, 3.05) is 4.31 Å². The quantitative estimate of drug-likeness (QED) is 0.719. The maximum atomic E-state index is 13.1. The zero-order valence-corrected chi connectivity index (χ0v) is 14.8. The summed E-state index contributed by atoms with van der Waals surface area (Å²) in [6, 6.07) is 14.9. The van der Waals surface area contributed by atoms with Gasteiger partial charge in [0.25, 0.3) is 10.0 Å². The average molecular weight is 371 g/mol. The predicted octanol–water partition coefficient (Wildman–Crippen LogP) is 2.51. The van der Waals surface area contributed by atoms with E-state index in [1.54, 1.807) is 17.7 Å². The molecule has 0 amide bonds. The molecule has 8 heteroatoms. The second-order valence-electron chi connectivity index (χ2n) is 5.73. The average Bonchev–Trinajstić information content (AvgIpc) is 3.08. The summed E-state index contributed by atoms with van der Waals surface area (Å²) in [5, 5.41) is 9.12. The van der Waals surface area contributed by atoms with Crippen LogP contribution in [0.15, 0.2) is 72.1 Å². The molecule has 3 aromatic rings. The number of benzene rings is 2. The van der Waals surface area contributed by atoms with Crippen molar-refractivity contribution in [1.82, 2.24) is 9.55 Å². The van der Waals surface area contributed by atoms with Crippen LogP contribution in [0.4, 0.5) is 5.69 Å². The number of carboxylic acids is 1. The van der Waals surface area contributed by atoms with Crippen molar-refractivity contribution < 1.29 is 18.3 Å². The van der Waals surface area contributed by atoms with Crippen molar-refractivity contribution in [2.24, 2.45) is 7.05 Å². The van der Waals surface area contributed by atoms with Gasteiger partial charge in [-0.25, -0.2) is 9.78 Å². The Balaban J connectivity index is 2.10. The first-order chi connectivity index (χ1) is 12.4. The Hall–Kier alpha value is -3.13. The second-order valence-corrected chi connectivity index (χ2v) is 7.54. The Morgan fingerprint density at radius 1 is 1.15 bits per heavy atom. The highest BCUT2D eigenvalue weighted by atomic mass is 32.2. The van der Waals surface area contributed by atoms with Crippen molar-refractivity contribution >= 4 is 21.7 Å². The summed E-state index contributed by atoms with van der Waals surface area (Å²) in [4.78, 5) is 15.2. The molecule has 0 fully saturated rings. The Morgan fingerprint density at radius 3 is 2.50 bits per heavy atom. The largest absolute Gasteiger partial charge is 0.478 e. The number of sulfonamides is 1. The Kier molecular flexibility index (Phi) is 4.77. The molecular weight excluding hydrogens is 354 g/mol. The highest BCUT2D eigenvalue weighted by Gasteiger charge is 2.28. The van der Waals surface area contributed by atoms with E-state index in [4.69, 9.17) is 0 Å². The van der Waals surface area contributed by atoms with Crippen LogP contribution >= 0.6 is 0 Å². The molecule has 26 heavy (non-hydrogen) atoms. The summed E-state index contributed by atoms with van der Waals surface area (Å²) in [6.45, 7) is 0.0584. The first-order valence-electron chi connectivity index (χ1n) is 7.76. The zero-order valence-electron chi connectivity index (χ0n) is 14.0. The van der Waals surface area contributed by atoms with Gasteiger partial charge in [0.15, 0.2) is 5.03 Å². The summed E-state index contributed by atoms with van der Waals surface area (Å²) in [7, 11) is -2.29. The molecule has 0 bridgehead atoms. The molecule has 0 aliphatic rings. The molecule has 2 aromatic carbocycles. The molecule has 1 N–H and O–H groups in total. The minimum Gasteiger partial charge on any atom is -0.478 e. The SMILES string of the molecule is Cn1cnc(S(=O)(=O)N(Cc2ccccc2)c2cccc(C(=O)O)c2)c1. The maximum Gasteiger partial charge on any atom is 0.335 e. The molecule has 3 rings (SSSR count). The number of aryl methyl sites for hydroxylation is 1. The monoisotopic (exact) mass is 371 g/mol. The lowest BCUT2D eigenvalue weighted by Gasteiger charge is -2.24. The van der Waals surface area contributed by atoms with Crippen LogP contribution in [0.1, 0.15) is 15.9 Å². The van der Waals surface area contributed by atoms with Gasteiger partial charge in [-0.15, -0.1) is 0 Å². The molecule has 0 saturated heterocycles. The number of nitrogens with zero attached hydrogens (tertiary/aromatic N) is 3. The van der Waals surface area contributed by atoms with Gasteiger partial charge in [-0.1, -0.05) is 36.4 Å². The molecular formula is C18H17N3O4S. The number of hydrogen-bond acceptors (Lipinski definition) is 4. The third kappa shape index (κ3) is 3.60. The van der Waals surface area contributed by atoms with Crippen molar-refractivity contribution in [3.63, 3.8) is 0 Å². The summed E-state index contributed by atoms with van der Waals surface area (Å²) in [6.07, 6.45) is 2.82. The Morgan fingerprint density at radius 2 is 1.88 bits per heavy atom. The van der Waals surface area contributed by atoms with Gasteiger partial charge in [-0.3, -0.25) is 4.31 Å². The molecule has 7 nitrogen and oxygen atoms in total. The molecule has 0 atom stereocenters. The molecule has 1 aromatic heterocycles. The molecule has 1 heterocycles. The summed E-state index contributed by atoms with van der Waals surface area (Å²) < 4.78 is 29.0. The smallest absolute Gasteiger partial charge is 0.335 e. The minimum atomic E-state index is -3.97. The third-order valence-corrected chi connectivity index (χ3v) is 5.45. The summed E-state index contributed by atoms with van der Waals surface area (Å²) in [5.41, 5.74) is 1.05. The standard InChI is InChI=1S/C18H17N3O4S/c1-20-12-17(19-13-20)26(24,25)21(11-14-6-3-2-4-7-14)16-9-5-8-15(10-16)18(22)23/h2-10,12-13H,11H2,1H3,(H,22,23). The van der Waals surface area contributed by atoms with Crippen LogP contribution in [0.3, 0.4) is 0 Å². The summed E-state index contributed by atoms with van der Waals surface area (Å²) in [5.74, 6) is -1.12. The van der Waals surface area contributed by atoms with Crippen molar-refractivity contribution in [3.05, 3.63) is 78.2 Å². The highest BCUT2D eigenvalue weighted by molar-refractivity contribution is 7.92. The highest BCUT2D eigenvalue weighted by Crippen LogP contribution is 2.26. The van der Waals surface area contributed by atoms with Gasteiger partial charge in [0.05, 0.1) is 24.1 Å². The van der Waals surface area contributed by atoms with E-state index < -0.39 is 16.0 Å². The van der Waals surface area contributed by atoms with E-state index in [0.29, 0.717) is 0 Å². The number of anilines is 1. The lowest BCUT2D eigenvalue weighted by atomic mass is 10.2. The molecule has 0 unspecified atom stereocenters. The van der Waals surface area contributed by atoms with E-state index in [-0.39, 0.29) is 22.8 Å². The summed E-state index contributed by atoms with van der Waals surface area (Å²) >= 11 is 0. The van der Waals surface area contributed by atoms with Gasteiger partial charge in [0.2, 0.25) is 0 Å². The van der Waals surface area contributed by atoms with Gasteiger partial charge >= 0.3 is 5.97 Å². The molecule has 134 valence electrons. The number of carbonyl (C=O) groups is 1. The molecule has 0 aliphatic carbocycles. The lowest BCUT2D eigenvalue weighted by molar-refractivity contribution is 0.0697. The molecule has 0 aliphatic heterocycles. The van der Waals surface area contributed by atoms with E-state index in [1.165, 1.54) is 30.7 Å². The van der Waals surface area contributed by atoms with E-state index in [9.17, 15) is 18.3 Å². The van der Waals surface area contributed by atoms with Crippen molar-refractivity contribution in [1.29, 1.82) is 0 Å². The van der Waals surface area contributed by atoms with Crippen LogP contribution in [-0.4, -0.2) is 29.0 Å². The van der Waals surface area contributed by atoms with Crippen LogP contribution < -0.4 is 4.31 Å². The number of hydrogen-bond donors (Lipinski definition) is 1. The third-order valence-electron chi connectivity index (χ3n) is 3.79. The van der Waals surface area contributed by atoms with Crippen molar-refractivity contribution in [3.8, 4) is 0 Å². The number of aromatic nitrogens is 2. The number of imidazole rings is 1. The predicted molar refractivity (Wildman–Crippen MR) is 96.4 cm³/mol. The van der Waals surface area contributed by atoms with Gasteiger partial charge in [0.1, 0.15) is 0 Å². The first kappa shape index (κ1) is 17.7. The number of aromatic carboxylic acids is 1. The van der Waals surface area contributed by atoms with Crippen LogP contribution in [0, 0.1) is 0 Å². The van der Waals surface area contributed by atoms with Gasteiger partial charge in [-0.2, -0.15) is 8.42 Å². The zero-order chi connectivity index (χ0) is 18.7. The number of rotatable bonds is 6. The Labute approximate surface area is 151 Å². The topological polar surface area (TPSA) is 92.5 Å². The number of carboxylic acid groups (broad SMARTS) is 1. The lowest BCUT2D eigenvalue weighted by Crippen LogP contribution is -2.31. The van der Waals surface area contributed by atoms with Gasteiger partial charge in [-0.05, 0) is 23.8 Å². The van der Waals surface area contributed by atoms with E-state index >= 15 is 0 Å². The van der Waals surface area contributed by atoms with Crippen LogP contribution in [0.5, 0.6) is 0 Å². The Bertz CT molecular complexity index is 1030. The van der Waals surface area contributed by atoms with Crippen LogP contribution in [0.25, 0.3) is 0 Å². The van der Waals surface area contributed by atoms with Crippen LogP contribution in [0.2, 0.25) is 0 Å². The minimum absolute atomic E-state index is 0.0109. The molecule has 0 radical (unpaired) electrons.